The fourth-order valence-electron chi connectivity index (χ4n) is 3.21. The molecule has 0 radical (unpaired) electrons. The summed E-state index contributed by atoms with van der Waals surface area (Å²) in [5.41, 5.74) is 0.955. The van der Waals surface area contributed by atoms with Crippen LogP contribution in [0.25, 0.3) is 0 Å². The van der Waals surface area contributed by atoms with Gasteiger partial charge in [0.05, 0.1) is 13.7 Å². The fourth-order valence-corrected chi connectivity index (χ4v) is 3.21. The maximum absolute atomic E-state index is 12.5. The summed E-state index contributed by atoms with van der Waals surface area (Å²) in [6.45, 7) is 1.85. The molecule has 1 N–H and O–H groups in total. The van der Waals surface area contributed by atoms with Gasteiger partial charge in [0.15, 0.2) is 11.5 Å². The van der Waals surface area contributed by atoms with E-state index in [4.69, 9.17) is 18.9 Å². The molecule has 1 unspecified atom stereocenters. The van der Waals surface area contributed by atoms with Crippen LogP contribution in [0.1, 0.15) is 18.4 Å². The maximum atomic E-state index is 12.5. The van der Waals surface area contributed by atoms with Gasteiger partial charge in [-0.15, -0.1) is 10.2 Å². The van der Waals surface area contributed by atoms with E-state index >= 15 is 0 Å². The molecule has 3 heterocycles. The van der Waals surface area contributed by atoms with Gasteiger partial charge in [-0.25, -0.2) is 4.79 Å². The summed E-state index contributed by atoms with van der Waals surface area (Å²) >= 11 is 0. The Balaban J connectivity index is 1.29. The number of hydrogen-bond acceptors (Lipinski definition) is 7. The number of methoxy groups -OCH3 is 1. The van der Waals surface area contributed by atoms with Crippen LogP contribution in [0, 0.1) is 0 Å². The standard InChI is InChI=1S/C19H22N4O5/c1-25-17-6-7-18(22-21-17)28-14-3-2-8-23(11-14)19(24)20-10-13-4-5-15-16(9-13)27-12-26-15/h4-7,9,14H,2-3,8,10-12H2,1H3,(H,20,24). The van der Waals surface area contributed by atoms with E-state index in [1.54, 1.807) is 17.0 Å². The molecular weight excluding hydrogens is 364 g/mol. The highest BCUT2D eigenvalue weighted by molar-refractivity contribution is 5.74. The number of carbonyl (C=O) groups excluding carboxylic acids is 1. The van der Waals surface area contributed by atoms with E-state index in [1.165, 1.54) is 7.11 Å². The van der Waals surface area contributed by atoms with Gasteiger partial charge in [-0.3, -0.25) is 0 Å². The van der Waals surface area contributed by atoms with E-state index in [0.29, 0.717) is 37.1 Å². The summed E-state index contributed by atoms with van der Waals surface area (Å²) < 4.78 is 21.5. The lowest BCUT2D eigenvalue weighted by Gasteiger charge is -2.32. The third kappa shape index (κ3) is 4.19. The number of piperidine rings is 1. The smallest absolute Gasteiger partial charge is 0.317 e. The van der Waals surface area contributed by atoms with E-state index in [2.05, 4.69) is 15.5 Å². The molecule has 2 aromatic rings. The zero-order chi connectivity index (χ0) is 19.3. The number of amides is 2. The number of rotatable bonds is 5. The van der Waals surface area contributed by atoms with Crippen molar-refractivity contribution in [2.45, 2.75) is 25.5 Å². The molecular formula is C19H22N4O5. The minimum Gasteiger partial charge on any atom is -0.480 e. The number of fused-ring (bicyclic) bond motifs is 1. The van der Waals surface area contributed by atoms with Gasteiger partial charge in [-0.1, -0.05) is 6.07 Å². The number of likely N-dealkylation sites (tertiary alicyclic amines) is 1. The highest BCUT2D eigenvalue weighted by Crippen LogP contribution is 2.32. The van der Waals surface area contributed by atoms with Crippen molar-refractivity contribution in [2.24, 2.45) is 0 Å². The number of nitrogens with zero attached hydrogens (tertiary/aromatic N) is 3. The zero-order valence-corrected chi connectivity index (χ0v) is 15.6. The molecule has 1 fully saturated rings. The average Bonchev–Trinajstić information content (AvgIpc) is 3.20. The van der Waals surface area contributed by atoms with Crippen molar-refractivity contribution < 1.29 is 23.7 Å². The Morgan fingerprint density at radius 2 is 2.04 bits per heavy atom. The Kier molecular flexibility index (Phi) is 5.31. The second-order valence-corrected chi connectivity index (χ2v) is 6.59. The van der Waals surface area contributed by atoms with E-state index in [-0.39, 0.29) is 18.9 Å². The molecule has 4 rings (SSSR count). The van der Waals surface area contributed by atoms with Crippen molar-refractivity contribution in [1.29, 1.82) is 0 Å². The number of aromatic nitrogens is 2. The van der Waals surface area contributed by atoms with Crippen molar-refractivity contribution in [2.75, 3.05) is 27.0 Å². The van der Waals surface area contributed by atoms with Gasteiger partial charge < -0.3 is 29.2 Å². The Morgan fingerprint density at radius 1 is 1.21 bits per heavy atom. The molecule has 9 heteroatoms. The van der Waals surface area contributed by atoms with E-state index in [0.717, 1.165) is 24.2 Å². The summed E-state index contributed by atoms with van der Waals surface area (Å²) in [5, 5.41) is 10.8. The first-order valence-electron chi connectivity index (χ1n) is 9.17. The van der Waals surface area contributed by atoms with Gasteiger partial charge >= 0.3 is 6.03 Å². The van der Waals surface area contributed by atoms with Crippen LogP contribution >= 0.6 is 0 Å². The van der Waals surface area contributed by atoms with Crippen LogP contribution in [-0.2, 0) is 6.54 Å². The van der Waals surface area contributed by atoms with Gasteiger partial charge in [-0.2, -0.15) is 0 Å². The monoisotopic (exact) mass is 386 g/mol. The van der Waals surface area contributed by atoms with Crippen molar-refractivity contribution >= 4 is 6.03 Å². The van der Waals surface area contributed by atoms with Crippen LogP contribution in [0.5, 0.6) is 23.3 Å². The predicted octanol–water partition coefficient (Wildman–Crippen LogP) is 1.97. The molecule has 2 amide bonds. The number of benzene rings is 1. The predicted molar refractivity (Wildman–Crippen MR) is 98.6 cm³/mol. The molecule has 1 atom stereocenters. The fraction of sp³-hybridized carbons (Fsp3) is 0.421. The van der Waals surface area contributed by atoms with Crippen LogP contribution in [0.15, 0.2) is 30.3 Å². The molecule has 9 nitrogen and oxygen atoms in total. The van der Waals surface area contributed by atoms with E-state index in [1.807, 2.05) is 18.2 Å². The number of hydrogen-bond donors (Lipinski definition) is 1. The van der Waals surface area contributed by atoms with Crippen molar-refractivity contribution in [3.8, 4) is 23.3 Å². The maximum Gasteiger partial charge on any atom is 0.317 e. The number of nitrogens with one attached hydrogen (secondary N) is 1. The van der Waals surface area contributed by atoms with Gasteiger partial charge in [-0.05, 0) is 30.5 Å². The summed E-state index contributed by atoms with van der Waals surface area (Å²) in [4.78, 5) is 14.3. The lowest BCUT2D eigenvalue weighted by molar-refractivity contribution is 0.0967. The summed E-state index contributed by atoms with van der Waals surface area (Å²) in [6.07, 6.45) is 1.61. The first-order valence-corrected chi connectivity index (χ1v) is 9.17. The van der Waals surface area contributed by atoms with Crippen LogP contribution in [0.4, 0.5) is 4.79 Å². The quantitative estimate of drug-likeness (QED) is 0.839. The SMILES string of the molecule is COc1ccc(OC2CCCN(C(=O)NCc3ccc4c(c3)OCO4)C2)nn1. The lowest BCUT2D eigenvalue weighted by atomic mass is 10.1. The van der Waals surface area contributed by atoms with Crippen molar-refractivity contribution in [1.82, 2.24) is 20.4 Å². The van der Waals surface area contributed by atoms with E-state index in [9.17, 15) is 4.79 Å². The highest BCUT2D eigenvalue weighted by atomic mass is 16.7. The second-order valence-electron chi connectivity index (χ2n) is 6.59. The second kappa shape index (κ2) is 8.20. The third-order valence-corrected chi connectivity index (χ3v) is 4.66. The summed E-state index contributed by atoms with van der Waals surface area (Å²) in [7, 11) is 1.53. The molecule has 1 aromatic carbocycles. The molecule has 1 saturated heterocycles. The van der Waals surface area contributed by atoms with Gasteiger partial charge in [0.1, 0.15) is 6.10 Å². The molecule has 28 heavy (non-hydrogen) atoms. The van der Waals surface area contributed by atoms with Crippen molar-refractivity contribution in [3.05, 3.63) is 35.9 Å². The number of carbonyl (C=O) groups is 1. The van der Waals surface area contributed by atoms with E-state index < -0.39 is 0 Å². The zero-order valence-electron chi connectivity index (χ0n) is 15.6. The summed E-state index contributed by atoms with van der Waals surface area (Å²) in [5.74, 6) is 2.29. The van der Waals surface area contributed by atoms with Crippen LogP contribution in [0.3, 0.4) is 0 Å². The first kappa shape index (κ1) is 18.1. The largest absolute Gasteiger partial charge is 0.480 e. The number of ether oxygens (including phenoxy) is 4. The van der Waals surface area contributed by atoms with Crippen LogP contribution in [0.2, 0.25) is 0 Å². The van der Waals surface area contributed by atoms with Crippen LogP contribution < -0.4 is 24.3 Å². The topological polar surface area (TPSA) is 95.0 Å². The molecule has 0 saturated carbocycles. The van der Waals surface area contributed by atoms with Gasteiger partial charge in [0.2, 0.25) is 18.6 Å². The summed E-state index contributed by atoms with van der Waals surface area (Å²) in [6, 6.07) is 8.94. The lowest BCUT2D eigenvalue weighted by Crippen LogP contribution is -2.48. The molecule has 0 bridgehead atoms. The molecule has 0 aliphatic carbocycles. The Labute approximate surface area is 162 Å². The molecule has 2 aliphatic rings. The van der Waals surface area contributed by atoms with Crippen molar-refractivity contribution in [3.63, 3.8) is 0 Å². The third-order valence-electron chi connectivity index (χ3n) is 4.66. The normalized spacial score (nSPS) is 17.9. The minimum atomic E-state index is -0.119. The molecule has 148 valence electrons. The minimum absolute atomic E-state index is 0.118. The Hall–Kier alpha value is -3.23. The van der Waals surface area contributed by atoms with Gasteiger partial charge in [0, 0.05) is 25.2 Å². The molecule has 2 aliphatic heterocycles. The molecule has 1 aromatic heterocycles. The highest BCUT2D eigenvalue weighted by Gasteiger charge is 2.25. The van der Waals surface area contributed by atoms with Crippen LogP contribution in [-0.4, -0.2) is 54.2 Å². The van der Waals surface area contributed by atoms with Gasteiger partial charge in [0.25, 0.3) is 0 Å². The first-order chi connectivity index (χ1) is 13.7. The number of urea groups is 1. The molecule has 0 spiro atoms. The Morgan fingerprint density at radius 3 is 2.86 bits per heavy atom. The average molecular weight is 386 g/mol. The Bertz CT molecular complexity index is 830.